The number of nitrogens with zero attached hydrogens (tertiary/aromatic N) is 4. The van der Waals surface area contributed by atoms with Gasteiger partial charge in [0.05, 0.1) is 5.52 Å². The van der Waals surface area contributed by atoms with Crippen LogP contribution >= 0.6 is 0 Å². The topological polar surface area (TPSA) is 69.9 Å². The summed E-state index contributed by atoms with van der Waals surface area (Å²) in [6.45, 7) is 6.82. The van der Waals surface area contributed by atoms with Crippen molar-refractivity contribution in [1.29, 1.82) is 0 Å². The van der Waals surface area contributed by atoms with E-state index in [2.05, 4.69) is 103 Å². The highest BCUT2D eigenvalue weighted by Gasteiger charge is 2.22. The van der Waals surface area contributed by atoms with Crippen molar-refractivity contribution in [2.45, 2.75) is 6.92 Å². The predicted molar refractivity (Wildman–Crippen MR) is 237 cm³/mol. The molecule has 0 atom stereocenters. The van der Waals surface area contributed by atoms with Gasteiger partial charge >= 0.3 is 0 Å². The van der Waals surface area contributed by atoms with E-state index in [0.29, 0.717) is 17.5 Å². The van der Waals surface area contributed by atoms with Gasteiger partial charge in [0.2, 0.25) is 0 Å². The molecule has 7 aromatic carbocycles. The first-order valence-corrected chi connectivity index (χ1v) is 19.3. The van der Waals surface area contributed by atoms with Gasteiger partial charge in [-0.3, -0.25) is 0 Å². The Morgan fingerprint density at radius 3 is 1.83 bits per heavy atom. The molecule has 0 radical (unpaired) electrons. The molecule has 0 amide bonds. The van der Waals surface area contributed by atoms with E-state index >= 15 is 0 Å². The highest BCUT2D eigenvalue weighted by Crippen LogP contribution is 2.41. The molecule has 0 aliphatic heterocycles. The first-order valence-electron chi connectivity index (χ1n) is 19.3. The lowest BCUT2D eigenvalue weighted by molar-refractivity contribution is 0.668. The van der Waals surface area contributed by atoms with Crippen LogP contribution in [0.1, 0.15) is 16.8 Å². The molecule has 58 heavy (non-hydrogen) atoms. The molecule has 0 spiro atoms. The summed E-state index contributed by atoms with van der Waals surface area (Å²) in [5.41, 5.74) is 12.1. The fourth-order valence-corrected chi connectivity index (χ4v) is 8.36. The number of benzene rings is 7. The number of rotatable bonds is 7. The largest absolute Gasteiger partial charge is 0.456 e. The Morgan fingerprint density at radius 2 is 1.07 bits per heavy atom. The number of para-hydroxylation sites is 3. The summed E-state index contributed by atoms with van der Waals surface area (Å²) in [6, 6.07) is 55.4. The molecule has 0 N–H and O–H groups in total. The predicted octanol–water partition coefficient (Wildman–Crippen LogP) is 13.7. The molecule has 0 saturated carbocycles. The van der Waals surface area contributed by atoms with Crippen molar-refractivity contribution < 1.29 is 8.83 Å². The van der Waals surface area contributed by atoms with Crippen LogP contribution in [0.4, 0.5) is 0 Å². The van der Waals surface area contributed by atoms with Crippen LogP contribution in [0.15, 0.2) is 185 Å². The van der Waals surface area contributed by atoms with Gasteiger partial charge in [0, 0.05) is 55.0 Å². The van der Waals surface area contributed by atoms with E-state index in [4.69, 9.17) is 23.8 Å². The second kappa shape index (κ2) is 13.4. The van der Waals surface area contributed by atoms with Gasteiger partial charge in [0.1, 0.15) is 22.3 Å². The molecule has 4 aromatic heterocycles. The molecule has 0 unspecified atom stereocenters. The summed E-state index contributed by atoms with van der Waals surface area (Å²) in [6.07, 6.45) is 4.29. The van der Waals surface area contributed by atoms with Crippen LogP contribution in [-0.2, 0) is 0 Å². The van der Waals surface area contributed by atoms with E-state index < -0.39 is 0 Å². The zero-order valence-corrected chi connectivity index (χ0v) is 31.6. The van der Waals surface area contributed by atoms with Crippen LogP contribution in [0.3, 0.4) is 0 Å². The second-order valence-corrected chi connectivity index (χ2v) is 14.5. The molecular weight excluding hydrogens is 713 g/mol. The van der Waals surface area contributed by atoms with Crippen molar-refractivity contribution in [1.82, 2.24) is 19.5 Å². The number of furan rings is 2. The minimum Gasteiger partial charge on any atom is -0.456 e. The van der Waals surface area contributed by atoms with Crippen molar-refractivity contribution in [2.75, 3.05) is 0 Å². The SMILES string of the molecule is C=C(/C=C\c1c(C)c2ccccc2n1-c1ccccc1)c1cccc2oc3cccc(-c4nc(-c5ccccc5)nc(-c5cccc6oc7ccccc7c56)n4)c3c12. The molecule has 274 valence electrons. The lowest BCUT2D eigenvalue weighted by Gasteiger charge is -2.11. The Hall–Kier alpha value is -7.83. The third-order valence-corrected chi connectivity index (χ3v) is 11.1. The smallest absolute Gasteiger partial charge is 0.164 e. The van der Waals surface area contributed by atoms with Crippen LogP contribution in [0, 0.1) is 6.92 Å². The molecular formula is C52H34N4O2. The molecule has 6 nitrogen and oxygen atoms in total. The van der Waals surface area contributed by atoms with Crippen LogP contribution in [-0.4, -0.2) is 19.5 Å². The lowest BCUT2D eigenvalue weighted by Crippen LogP contribution is -2.00. The number of hydrogen-bond acceptors (Lipinski definition) is 5. The summed E-state index contributed by atoms with van der Waals surface area (Å²) < 4.78 is 15.2. The van der Waals surface area contributed by atoms with Gasteiger partial charge in [0.25, 0.3) is 0 Å². The first-order chi connectivity index (χ1) is 28.6. The lowest BCUT2D eigenvalue weighted by atomic mass is 9.97. The monoisotopic (exact) mass is 746 g/mol. The summed E-state index contributed by atoms with van der Waals surface area (Å²) in [5, 5.41) is 5.06. The Kier molecular flexibility index (Phi) is 7.76. The molecule has 0 saturated heterocycles. The van der Waals surface area contributed by atoms with Crippen molar-refractivity contribution in [2.24, 2.45) is 0 Å². The Balaban J connectivity index is 1.10. The maximum atomic E-state index is 6.58. The number of aromatic nitrogens is 4. The summed E-state index contributed by atoms with van der Waals surface area (Å²) >= 11 is 0. The normalized spacial score (nSPS) is 11.9. The minimum absolute atomic E-state index is 0.543. The van der Waals surface area contributed by atoms with Crippen molar-refractivity contribution in [3.05, 3.63) is 193 Å². The van der Waals surface area contributed by atoms with Gasteiger partial charge in [-0.1, -0.05) is 134 Å². The standard InChI is InChI=1S/C52H34N4O2/c1-32(30-31-41-33(2)37-20-9-11-25-42(37)56(41)35-18-7-4-8-19-35)36-22-13-28-45-48(36)49-40(24-15-29-46(49)58-45)52-54-50(34-16-5-3-6-17-34)53-51(55-52)39-23-14-27-44-47(39)38-21-10-12-26-43(38)57-44/h3-31H,1H2,2H3/b31-30-. The van der Waals surface area contributed by atoms with E-state index in [-0.39, 0.29) is 0 Å². The zero-order valence-electron chi connectivity index (χ0n) is 31.6. The fourth-order valence-electron chi connectivity index (χ4n) is 8.36. The van der Waals surface area contributed by atoms with E-state index in [1.165, 1.54) is 10.9 Å². The quantitative estimate of drug-likeness (QED) is 0.152. The maximum Gasteiger partial charge on any atom is 0.164 e. The molecule has 11 aromatic rings. The maximum absolute atomic E-state index is 6.58. The molecule has 4 heterocycles. The van der Waals surface area contributed by atoms with Crippen LogP contribution in [0.2, 0.25) is 0 Å². The fraction of sp³-hybridized carbons (Fsp3) is 0.0192. The Labute approximate surface area is 333 Å². The third-order valence-electron chi connectivity index (χ3n) is 11.1. The first kappa shape index (κ1) is 33.5. The molecule has 0 aliphatic rings. The highest BCUT2D eigenvalue weighted by atomic mass is 16.3. The van der Waals surface area contributed by atoms with Crippen molar-refractivity contribution in [3.8, 4) is 39.9 Å². The summed E-state index contributed by atoms with van der Waals surface area (Å²) in [4.78, 5) is 15.5. The minimum atomic E-state index is 0.543. The van der Waals surface area contributed by atoms with Gasteiger partial charge in [-0.05, 0) is 72.2 Å². The summed E-state index contributed by atoms with van der Waals surface area (Å²) in [5.74, 6) is 1.68. The van der Waals surface area contributed by atoms with E-state index in [0.717, 1.165) is 88.6 Å². The molecule has 11 rings (SSSR count). The van der Waals surface area contributed by atoms with Crippen LogP contribution in [0.5, 0.6) is 0 Å². The number of fused-ring (bicyclic) bond motifs is 7. The van der Waals surface area contributed by atoms with Crippen LogP contribution in [0.25, 0.3) is 106 Å². The molecule has 0 bridgehead atoms. The Morgan fingerprint density at radius 1 is 0.517 bits per heavy atom. The van der Waals surface area contributed by atoms with E-state index in [1.807, 2.05) is 91.0 Å². The summed E-state index contributed by atoms with van der Waals surface area (Å²) in [7, 11) is 0. The molecule has 0 aliphatic carbocycles. The van der Waals surface area contributed by atoms with Crippen molar-refractivity contribution >= 4 is 66.4 Å². The average molecular weight is 747 g/mol. The Bertz CT molecular complexity index is 3430. The van der Waals surface area contributed by atoms with E-state index in [1.54, 1.807) is 0 Å². The van der Waals surface area contributed by atoms with Gasteiger partial charge in [-0.2, -0.15) is 0 Å². The number of allylic oxidation sites excluding steroid dienone is 2. The van der Waals surface area contributed by atoms with Gasteiger partial charge in [-0.15, -0.1) is 0 Å². The second-order valence-electron chi connectivity index (χ2n) is 14.5. The van der Waals surface area contributed by atoms with Gasteiger partial charge in [0.15, 0.2) is 17.5 Å². The highest BCUT2D eigenvalue weighted by molar-refractivity contribution is 6.16. The molecule has 6 heteroatoms. The number of hydrogen-bond donors (Lipinski definition) is 0. The van der Waals surface area contributed by atoms with Crippen LogP contribution < -0.4 is 0 Å². The molecule has 0 fully saturated rings. The van der Waals surface area contributed by atoms with Crippen molar-refractivity contribution in [3.63, 3.8) is 0 Å². The average Bonchev–Trinajstić information content (AvgIpc) is 3.95. The van der Waals surface area contributed by atoms with E-state index in [9.17, 15) is 0 Å². The van der Waals surface area contributed by atoms with Gasteiger partial charge < -0.3 is 13.4 Å². The zero-order chi connectivity index (χ0) is 38.7. The number of aryl methyl sites for hydroxylation is 1. The van der Waals surface area contributed by atoms with Gasteiger partial charge in [-0.25, -0.2) is 15.0 Å². The third kappa shape index (κ3) is 5.38.